The van der Waals surface area contributed by atoms with Crippen LogP contribution in [0.4, 0.5) is 17.1 Å². The summed E-state index contributed by atoms with van der Waals surface area (Å²) in [5, 5.41) is 26.5. The molecule has 0 aromatic heterocycles. The van der Waals surface area contributed by atoms with E-state index >= 15 is 0 Å². The maximum Gasteiger partial charge on any atom is 0.343 e. The molecule has 1 unspecified atom stereocenters. The van der Waals surface area contributed by atoms with Gasteiger partial charge in [-0.3, -0.25) is 9.59 Å². The number of unbranched alkanes of at least 4 members (excludes halogenated alkanes) is 3. The fraction of sp³-hybridized carbons (Fsp3) is 0.340. The van der Waals surface area contributed by atoms with E-state index < -0.39 is 16.8 Å². The summed E-state index contributed by atoms with van der Waals surface area (Å²) in [6, 6.07) is 40.0. The number of hydrogen-bond donors (Lipinski definition) is 0. The monoisotopic (exact) mass is 875 g/mol. The van der Waals surface area contributed by atoms with Crippen LogP contribution < -0.4 is 14.4 Å². The minimum atomic E-state index is -0.908. The van der Waals surface area contributed by atoms with Crippen molar-refractivity contribution in [2.24, 2.45) is 21.1 Å². The Morgan fingerprint density at radius 2 is 1.11 bits per heavy atom. The van der Waals surface area contributed by atoms with E-state index in [1.165, 1.54) is 0 Å². The molecule has 0 radical (unpaired) electrons. The Hall–Kier alpha value is -7.31. The van der Waals surface area contributed by atoms with E-state index in [9.17, 15) is 14.4 Å². The molecular weight excluding hydrogens is 819 g/mol. The summed E-state index contributed by atoms with van der Waals surface area (Å²) in [7, 11) is 0. The first-order valence-electron chi connectivity index (χ1n) is 22.0. The minimum absolute atomic E-state index is 0.193. The van der Waals surface area contributed by atoms with Gasteiger partial charge in [-0.2, -0.15) is 20.8 Å². The summed E-state index contributed by atoms with van der Waals surface area (Å²) < 4.78 is 22.9. The quantitative estimate of drug-likeness (QED) is 0.0267. The van der Waals surface area contributed by atoms with Gasteiger partial charge < -0.3 is 23.8 Å². The fourth-order valence-corrected chi connectivity index (χ4v) is 7.14. The van der Waals surface area contributed by atoms with E-state index in [0.29, 0.717) is 85.1 Å². The Balaban J connectivity index is 0.950. The van der Waals surface area contributed by atoms with Gasteiger partial charge in [0.2, 0.25) is 0 Å². The molecule has 65 heavy (non-hydrogen) atoms. The summed E-state index contributed by atoms with van der Waals surface area (Å²) >= 11 is 0. The van der Waals surface area contributed by atoms with Gasteiger partial charge in [0, 0.05) is 12.2 Å². The topological polar surface area (TPSA) is 164 Å². The number of azo groups is 1. The predicted octanol–water partition coefficient (Wildman–Crippen LogP) is 12.1. The van der Waals surface area contributed by atoms with Crippen LogP contribution in [0.15, 0.2) is 132 Å². The third-order valence-electron chi connectivity index (χ3n) is 11.2. The zero-order valence-corrected chi connectivity index (χ0v) is 37.9. The SMILES string of the molecule is CCN(CCOC(=O)C(C)(C)CC(C)(CC)C(=O)OCCCCCCOc1ccc(C(=O)Oc2ccc(-c3ccc(C#N)cc3)cc2)cc1)c1ccc(N=Nc2ccc(C#N)cc2)cc1. The van der Waals surface area contributed by atoms with Crippen LogP contribution in [0, 0.1) is 33.5 Å². The van der Waals surface area contributed by atoms with Crippen molar-refractivity contribution in [2.75, 3.05) is 37.8 Å². The summed E-state index contributed by atoms with van der Waals surface area (Å²) in [5.41, 5.74) is 4.02. The van der Waals surface area contributed by atoms with E-state index in [1.807, 2.05) is 83.1 Å². The molecule has 0 amide bonds. The number of carbonyl (C=O) groups is 3. The van der Waals surface area contributed by atoms with Crippen molar-refractivity contribution in [3.63, 3.8) is 0 Å². The fourth-order valence-electron chi connectivity index (χ4n) is 7.14. The van der Waals surface area contributed by atoms with Crippen molar-refractivity contribution in [1.82, 2.24) is 0 Å². The van der Waals surface area contributed by atoms with E-state index in [0.717, 1.165) is 36.1 Å². The second kappa shape index (κ2) is 23.9. The molecule has 5 aromatic rings. The number of nitriles is 2. The van der Waals surface area contributed by atoms with Crippen LogP contribution in [0.2, 0.25) is 0 Å². The lowest BCUT2D eigenvalue weighted by atomic mass is 9.72. The van der Waals surface area contributed by atoms with Crippen LogP contribution in [-0.2, 0) is 19.1 Å². The average molecular weight is 876 g/mol. The van der Waals surface area contributed by atoms with Crippen LogP contribution in [0.3, 0.4) is 0 Å². The molecular formula is C53H57N5O7. The highest BCUT2D eigenvalue weighted by atomic mass is 16.5. The molecule has 0 fully saturated rings. The zero-order chi connectivity index (χ0) is 46.7. The first-order valence-corrected chi connectivity index (χ1v) is 22.0. The Morgan fingerprint density at radius 1 is 0.600 bits per heavy atom. The lowest BCUT2D eigenvalue weighted by Crippen LogP contribution is -2.39. The number of anilines is 1. The van der Waals surface area contributed by atoms with Gasteiger partial charge in [-0.15, -0.1) is 0 Å². The van der Waals surface area contributed by atoms with Crippen LogP contribution in [0.25, 0.3) is 11.1 Å². The Bertz CT molecular complexity index is 2440. The summed E-state index contributed by atoms with van der Waals surface area (Å²) in [6.45, 7) is 11.6. The predicted molar refractivity (Wildman–Crippen MR) is 250 cm³/mol. The van der Waals surface area contributed by atoms with Crippen molar-refractivity contribution in [1.29, 1.82) is 10.5 Å². The number of ether oxygens (including phenoxy) is 4. The first-order chi connectivity index (χ1) is 31.4. The van der Waals surface area contributed by atoms with Crippen molar-refractivity contribution in [2.45, 2.75) is 73.1 Å². The molecule has 12 heteroatoms. The van der Waals surface area contributed by atoms with Crippen LogP contribution in [0.1, 0.15) is 94.6 Å². The largest absolute Gasteiger partial charge is 0.494 e. The zero-order valence-electron chi connectivity index (χ0n) is 37.9. The molecule has 0 heterocycles. The number of likely N-dealkylation sites (N-methyl/N-ethyl adjacent to an activating group) is 1. The molecule has 0 saturated carbocycles. The van der Waals surface area contributed by atoms with Gasteiger partial charge in [0.25, 0.3) is 0 Å². The lowest BCUT2D eigenvalue weighted by Gasteiger charge is -2.34. The second-order valence-corrected chi connectivity index (χ2v) is 16.6. The number of benzene rings is 5. The molecule has 0 aliphatic heterocycles. The molecule has 12 nitrogen and oxygen atoms in total. The van der Waals surface area contributed by atoms with Crippen molar-refractivity contribution in [3.8, 4) is 34.8 Å². The van der Waals surface area contributed by atoms with Crippen molar-refractivity contribution in [3.05, 3.63) is 138 Å². The minimum Gasteiger partial charge on any atom is -0.494 e. The third-order valence-corrected chi connectivity index (χ3v) is 11.2. The molecule has 5 aromatic carbocycles. The molecule has 0 spiro atoms. The molecule has 0 aliphatic rings. The second-order valence-electron chi connectivity index (χ2n) is 16.6. The number of rotatable bonds is 23. The summed E-state index contributed by atoms with van der Waals surface area (Å²) in [5.74, 6) is -0.0618. The van der Waals surface area contributed by atoms with E-state index in [-0.39, 0.29) is 18.5 Å². The van der Waals surface area contributed by atoms with Crippen LogP contribution in [-0.4, -0.2) is 50.8 Å². The highest BCUT2D eigenvalue weighted by Crippen LogP contribution is 2.39. The Kier molecular flexibility index (Phi) is 17.9. The molecule has 0 aliphatic carbocycles. The third kappa shape index (κ3) is 14.6. The van der Waals surface area contributed by atoms with Gasteiger partial charge in [0.15, 0.2) is 0 Å². The molecule has 1 atom stereocenters. The number of hydrogen-bond acceptors (Lipinski definition) is 12. The maximum atomic E-state index is 13.3. The van der Waals surface area contributed by atoms with Crippen molar-refractivity contribution < 1.29 is 33.3 Å². The molecule has 0 bridgehead atoms. The number of nitrogens with zero attached hydrogens (tertiary/aromatic N) is 5. The molecule has 5 rings (SSSR count). The van der Waals surface area contributed by atoms with Crippen molar-refractivity contribution >= 4 is 35.0 Å². The lowest BCUT2D eigenvalue weighted by molar-refractivity contribution is -0.163. The Morgan fingerprint density at radius 3 is 1.66 bits per heavy atom. The molecule has 0 saturated heterocycles. The standard InChI is InChI=1S/C53H57N5O7/c1-6-53(5,38-52(3,4)50(60)64-35-32-58(7-2)46-26-24-45(25-27-46)57-56-44-22-14-40(37-55)15-23-44)51(61)63-34-11-9-8-10-33-62-47-28-20-43(21-29-47)49(59)65-48-30-18-42(19-31-48)41-16-12-39(36-54)13-17-41/h12-31H,6-11,32-35,38H2,1-5H3. The number of carbonyl (C=O) groups excluding carboxylic acids is 3. The van der Waals surface area contributed by atoms with Crippen LogP contribution >= 0.6 is 0 Å². The maximum absolute atomic E-state index is 13.3. The highest BCUT2D eigenvalue weighted by Gasteiger charge is 2.43. The van der Waals surface area contributed by atoms with Gasteiger partial charge >= 0.3 is 17.9 Å². The summed E-state index contributed by atoms with van der Waals surface area (Å²) in [4.78, 5) is 41.5. The van der Waals surface area contributed by atoms with Gasteiger partial charge in [-0.05, 0) is 174 Å². The summed E-state index contributed by atoms with van der Waals surface area (Å²) in [6.07, 6.45) is 4.09. The molecule has 336 valence electrons. The highest BCUT2D eigenvalue weighted by molar-refractivity contribution is 5.91. The van der Waals surface area contributed by atoms with E-state index in [4.69, 9.17) is 29.5 Å². The van der Waals surface area contributed by atoms with Gasteiger partial charge in [-0.25, -0.2) is 4.79 Å². The van der Waals surface area contributed by atoms with Gasteiger partial charge in [0.1, 0.15) is 18.1 Å². The number of esters is 3. The van der Waals surface area contributed by atoms with E-state index in [1.54, 1.807) is 72.8 Å². The molecule has 0 N–H and O–H groups in total. The average Bonchev–Trinajstić information content (AvgIpc) is 3.33. The Labute approximate surface area is 382 Å². The van der Waals surface area contributed by atoms with Gasteiger partial charge in [-0.1, -0.05) is 31.2 Å². The smallest absolute Gasteiger partial charge is 0.343 e. The normalized spacial score (nSPS) is 12.0. The first kappa shape index (κ1) is 48.7. The van der Waals surface area contributed by atoms with Crippen LogP contribution in [0.5, 0.6) is 11.5 Å². The van der Waals surface area contributed by atoms with E-state index in [2.05, 4.69) is 27.3 Å². The van der Waals surface area contributed by atoms with Gasteiger partial charge in [0.05, 0.1) is 70.8 Å².